The number of fused-ring (bicyclic) bond motifs is 1. The molecule has 62 valence electrons. The highest BCUT2D eigenvalue weighted by Crippen LogP contribution is 2.34. The Hall–Kier alpha value is -0.580. The molecule has 2 rings (SSSR count). The SMILES string of the molecule is O=C1NS(=O)(=O)C2CCCC12. The lowest BCUT2D eigenvalue weighted by molar-refractivity contribution is -0.121. The Kier molecular flexibility index (Phi) is 1.27. The molecule has 11 heavy (non-hydrogen) atoms. The van der Waals surface area contributed by atoms with Crippen LogP contribution in [-0.2, 0) is 14.8 Å². The van der Waals surface area contributed by atoms with Crippen molar-refractivity contribution >= 4 is 15.9 Å². The maximum atomic E-state index is 11.1. The first-order chi connectivity index (χ1) is 5.11. The van der Waals surface area contributed by atoms with E-state index in [0.29, 0.717) is 6.42 Å². The maximum Gasteiger partial charge on any atom is 0.238 e. The second kappa shape index (κ2) is 1.97. The molecule has 1 heterocycles. The summed E-state index contributed by atoms with van der Waals surface area (Å²) in [7, 11) is -3.27. The van der Waals surface area contributed by atoms with Gasteiger partial charge >= 0.3 is 0 Å². The van der Waals surface area contributed by atoms with Gasteiger partial charge in [-0.1, -0.05) is 6.42 Å². The van der Waals surface area contributed by atoms with Crippen molar-refractivity contribution in [1.82, 2.24) is 4.72 Å². The lowest BCUT2D eigenvalue weighted by Crippen LogP contribution is -2.24. The van der Waals surface area contributed by atoms with E-state index in [4.69, 9.17) is 0 Å². The summed E-state index contributed by atoms with van der Waals surface area (Å²) in [5, 5.41) is -0.421. The normalized spacial score (nSPS) is 40.2. The third-order valence-electron chi connectivity index (χ3n) is 2.43. The van der Waals surface area contributed by atoms with Gasteiger partial charge in [0.05, 0.1) is 11.2 Å². The van der Waals surface area contributed by atoms with E-state index in [1.54, 1.807) is 0 Å². The molecule has 0 bridgehead atoms. The maximum absolute atomic E-state index is 11.1. The lowest BCUT2D eigenvalue weighted by Gasteiger charge is -2.00. The minimum Gasteiger partial charge on any atom is -0.274 e. The molecule has 2 fully saturated rings. The highest BCUT2D eigenvalue weighted by atomic mass is 32.2. The van der Waals surface area contributed by atoms with Crippen molar-refractivity contribution in [3.8, 4) is 0 Å². The topological polar surface area (TPSA) is 63.2 Å². The molecule has 1 aliphatic carbocycles. The van der Waals surface area contributed by atoms with E-state index in [1.165, 1.54) is 0 Å². The van der Waals surface area contributed by atoms with Gasteiger partial charge in [-0.25, -0.2) is 8.42 Å². The van der Waals surface area contributed by atoms with Gasteiger partial charge in [0.25, 0.3) is 0 Å². The van der Waals surface area contributed by atoms with Crippen LogP contribution in [0.15, 0.2) is 0 Å². The molecule has 0 aromatic carbocycles. The van der Waals surface area contributed by atoms with E-state index in [9.17, 15) is 13.2 Å². The van der Waals surface area contributed by atoms with Crippen LogP contribution in [0.4, 0.5) is 0 Å². The molecule has 5 heteroatoms. The van der Waals surface area contributed by atoms with Crippen molar-refractivity contribution in [2.45, 2.75) is 24.5 Å². The van der Waals surface area contributed by atoms with Gasteiger partial charge in [0, 0.05) is 0 Å². The van der Waals surface area contributed by atoms with Gasteiger partial charge in [0.2, 0.25) is 15.9 Å². The average molecular weight is 175 g/mol. The molecule has 2 atom stereocenters. The zero-order valence-corrected chi connectivity index (χ0v) is 6.73. The Morgan fingerprint density at radius 3 is 2.73 bits per heavy atom. The minimum atomic E-state index is -3.27. The zero-order valence-electron chi connectivity index (χ0n) is 5.91. The highest BCUT2D eigenvalue weighted by molar-refractivity contribution is 7.91. The minimum absolute atomic E-state index is 0.250. The lowest BCUT2D eigenvalue weighted by atomic mass is 10.1. The van der Waals surface area contributed by atoms with E-state index in [0.717, 1.165) is 12.8 Å². The molecule has 0 radical (unpaired) electrons. The molecule has 0 aromatic rings. The van der Waals surface area contributed by atoms with Crippen molar-refractivity contribution in [1.29, 1.82) is 0 Å². The quantitative estimate of drug-likeness (QED) is 0.545. The average Bonchev–Trinajstić information content (AvgIpc) is 2.37. The third-order valence-corrected chi connectivity index (χ3v) is 4.28. The van der Waals surface area contributed by atoms with Gasteiger partial charge < -0.3 is 0 Å². The molecule has 1 saturated heterocycles. The number of hydrogen-bond donors (Lipinski definition) is 1. The smallest absolute Gasteiger partial charge is 0.238 e. The van der Waals surface area contributed by atoms with Crippen molar-refractivity contribution in [3.05, 3.63) is 0 Å². The molecular formula is C6H9NO3S. The second-order valence-electron chi connectivity index (χ2n) is 3.09. The van der Waals surface area contributed by atoms with Gasteiger partial charge in [0.15, 0.2) is 0 Å². The van der Waals surface area contributed by atoms with Gasteiger partial charge in [-0.15, -0.1) is 0 Å². The summed E-state index contributed by atoms with van der Waals surface area (Å²) in [6.07, 6.45) is 2.24. The third kappa shape index (κ3) is 0.870. The number of hydrogen-bond acceptors (Lipinski definition) is 3. The number of carbonyl (C=O) groups excluding carboxylic acids is 1. The predicted octanol–water partition coefficient (Wildman–Crippen LogP) is -0.385. The highest BCUT2D eigenvalue weighted by Gasteiger charge is 2.48. The second-order valence-corrected chi connectivity index (χ2v) is 4.99. The monoisotopic (exact) mass is 175 g/mol. The van der Waals surface area contributed by atoms with Crippen LogP contribution < -0.4 is 4.72 Å². The predicted molar refractivity (Wildman–Crippen MR) is 38.2 cm³/mol. The summed E-state index contributed by atoms with van der Waals surface area (Å²) in [5.41, 5.74) is 0. The van der Waals surface area contributed by atoms with Crippen molar-refractivity contribution in [2.75, 3.05) is 0 Å². The van der Waals surface area contributed by atoms with Crippen LogP contribution in [-0.4, -0.2) is 19.6 Å². The van der Waals surface area contributed by atoms with Crippen LogP contribution in [0, 0.1) is 5.92 Å². The van der Waals surface area contributed by atoms with E-state index in [1.807, 2.05) is 4.72 Å². The van der Waals surface area contributed by atoms with Gasteiger partial charge in [0.1, 0.15) is 0 Å². The number of sulfonamides is 1. The molecule has 1 N–H and O–H groups in total. The Morgan fingerprint density at radius 2 is 2.09 bits per heavy atom. The summed E-state index contributed by atoms with van der Waals surface area (Å²) < 4.78 is 24.3. The standard InChI is InChI=1S/C6H9NO3S/c8-6-4-2-1-3-5(4)11(9,10)7-6/h4-5H,1-3H2,(H,7,8). The molecule has 2 aliphatic rings. The first-order valence-electron chi connectivity index (χ1n) is 3.67. The van der Waals surface area contributed by atoms with Crippen LogP contribution in [0.5, 0.6) is 0 Å². The zero-order chi connectivity index (χ0) is 8.06. The Bertz CT molecular complexity index is 295. The molecule has 1 aliphatic heterocycles. The van der Waals surface area contributed by atoms with E-state index >= 15 is 0 Å². The van der Waals surface area contributed by atoms with Crippen molar-refractivity contribution in [2.24, 2.45) is 5.92 Å². The summed E-state index contributed by atoms with van der Waals surface area (Å²) in [6, 6.07) is 0. The van der Waals surface area contributed by atoms with Crippen LogP contribution >= 0.6 is 0 Å². The van der Waals surface area contributed by atoms with E-state index in [-0.39, 0.29) is 11.8 Å². The first-order valence-corrected chi connectivity index (χ1v) is 5.21. The van der Waals surface area contributed by atoms with Crippen LogP contribution in [0.2, 0.25) is 0 Å². The van der Waals surface area contributed by atoms with Crippen LogP contribution in [0.1, 0.15) is 19.3 Å². The Labute approximate surface area is 65.0 Å². The molecule has 2 unspecified atom stereocenters. The van der Waals surface area contributed by atoms with Crippen LogP contribution in [0.3, 0.4) is 0 Å². The number of carbonyl (C=O) groups is 1. The van der Waals surface area contributed by atoms with Gasteiger partial charge in [-0.05, 0) is 12.8 Å². The van der Waals surface area contributed by atoms with Crippen LogP contribution in [0.25, 0.3) is 0 Å². The number of nitrogens with one attached hydrogen (secondary N) is 1. The summed E-state index contributed by atoms with van der Waals surface area (Å²) >= 11 is 0. The molecule has 0 aromatic heterocycles. The molecule has 1 amide bonds. The van der Waals surface area contributed by atoms with Crippen molar-refractivity contribution < 1.29 is 13.2 Å². The fourth-order valence-electron chi connectivity index (χ4n) is 1.89. The van der Waals surface area contributed by atoms with Gasteiger partial charge in [-0.2, -0.15) is 0 Å². The molecule has 0 spiro atoms. The summed E-state index contributed by atoms with van der Waals surface area (Å²) in [6.45, 7) is 0. The Balaban J connectivity index is 2.42. The van der Waals surface area contributed by atoms with Gasteiger partial charge in [-0.3, -0.25) is 9.52 Å². The molecule has 1 saturated carbocycles. The fourth-order valence-corrected chi connectivity index (χ4v) is 3.64. The van der Waals surface area contributed by atoms with E-state index in [2.05, 4.69) is 0 Å². The summed E-state index contributed by atoms with van der Waals surface area (Å²) in [4.78, 5) is 11.0. The van der Waals surface area contributed by atoms with Crippen molar-refractivity contribution in [3.63, 3.8) is 0 Å². The first kappa shape index (κ1) is 7.09. The van der Waals surface area contributed by atoms with E-state index < -0.39 is 15.3 Å². The number of amides is 1. The molecule has 4 nitrogen and oxygen atoms in total. The Morgan fingerprint density at radius 1 is 1.36 bits per heavy atom. The fraction of sp³-hybridized carbons (Fsp3) is 0.833. The summed E-state index contributed by atoms with van der Waals surface area (Å²) in [5.74, 6) is -0.549. The number of rotatable bonds is 0. The largest absolute Gasteiger partial charge is 0.274 e. The molecular weight excluding hydrogens is 166 g/mol.